The van der Waals surface area contributed by atoms with E-state index in [1.54, 1.807) is 10.9 Å². The van der Waals surface area contributed by atoms with Crippen molar-refractivity contribution in [2.45, 2.75) is 32.2 Å². The molecule has 1 saturated heterocycles. The fourth-order valence-electron chi connectivity index (χ4n) is 2.42. The van der Waals surface area contributed by atoms with Crippen LogP contribution in [0, 0.1) is 5.92 Å². The Hall–Kier alpha value is -1.85. The number of aromatic nitrogens is 2. The SMILES string of the molecule is O=C(O)CCC1CCN(C(=O)CCn2cccn2)C1. The molecule has 1 atom stereocenters. The minimum atomic E-state index is -0.761. The number of amides is 1. The molecule has 6 nitrogen and oxygen atoms in total. The van der Waals surface area contributed by atoms with Crippen LogP contribution in [0.15, 0.2) is 18.5 Å². The maximum Gasteiger partial charge on any atom is 0.303 e. The Morgan fingerprint density at radius 3 is 2.89 bits per heavy atom. The molecule has 1 aromatic heterocycles. The van der Waals surface area contributed by atoms with E-state index in [0.29, 0.717) is 31.8 Å². The lowest BCUT2D eigenvalue weighted by Crippen LogP contribution is -2.29. The first-order valence-corrected chi connectivity index (χ1v) is 6.62. The summed E-state index contributed by atoms with van der Waals surface area (Å²) in [5, 5.41) is 12.7. The van der Waals surface area contributed by atoms with E-state index >= 15 is 0 Å². The lowest BCUT2D eigenvalue weighted by atomic mass is 10.0. The van der Waals surface area contributed by atoms with Gasteiger partial charge in [-0.3, -0.25) is 14.3 Å². The van der Waals surface area contributed by atoms with Crippen molar-refractivity contribution in [2.24, 2.45) is 5.92 Å². The van der Waals surface area contributed by atoms with E-state index in [-0.39, 0.29) is 12.3 Å². The molecule has 1 fully saturated rings. The van der Waals surface area contributed by atoms with E-state index in [1.807, 2.05) is 17.2 Å². The molecule has 1 amide bonds. The highest BCUT2D eigenvalue weighted by Crippen LogP contribution is 2.21. The highest BCUT2D eigenvalue weighted by Gasteiger charge is 2.26. The molecule has 2 rings (SSSR count). The molecule has 19 heavy (non-hydrogen) atoms. The van der Waals surface area contributed by atoms with Crippen LogP contribution in [-0.4, -0.2) is 44.8 Å². The second-order valence-electron chi connectivity index (χ2n) is 4.95. The molecule has 0 aliphatic carbocycles. The van der Waals surface area contributed by atoms with Gasteiger partial charge < -0.3 is 10.0 Å². The molecule has 6 heteroatoms. The third-order valence-corrected chi connectivity index (χ3v) is 3.52. The Balaban J connectivity index is 1.71. The molecule has 0 bridgehead atoms. The molecule has 0 radical (unpaired) electrons. The van der Waals surface area contributed by atoms with E-state index < -0.39 is 5.97 Å². The second-order valence-corrected chi connectivity index (χ2v) is 4.95. The van der Waals surface area contributed by atoms with Crippen molar-refractivity contribution in [3.8, 4) is 0 Å². The van der Waals surface area contributed by atoms with Crippen LogP contribution in [0.4, 0.5) is 0 Å². The number of carbonyl (C=O) groups excluding carboxylic acids is 1. The standard InChI is InChI=1S/C13H19N3O3/c17-12(5-9-16-7-1-6-14-16)15-8-4-11(10-15)2-3-13(18)19/h1,6-7,11H,2-5,8-10H2,(H,18,19). The van der Waals surface area contributed by atoms with Crippen molar-refractivity contribution in [3.63, 3.8) is 0 Å². The predicted octanol–water partition coefficient (Wildman–Crippen LogP) is 0.986. The van der Waals surface area contributed by atoms with Crippen LogP contribution in [-0.2, 0) is 16.1 Å². The van der Waals surface area contributed by atoms with Gasteiger partial charge in [-0.1, -0.05) is 0 Å². The third-order valence-electron chi connectivity index (χ3n) is 3.52. The number of aliphatic carboxylic acids is 1. The lowest BCUT2D eigenvalue weighted by molar-refractivity contribution is -0.137. The second kappa shape index (κ2) is 6.36. The Kier molecular flexibility index (Phi) is 4.54. The maximum atomic E-state index is 12.0. The topological polar surface area (TPSA) is 75.4 Å². The van der Waals surface area contributed by atoms with Gasteiger partial charge in [0, 0.05) is 44.9 Å². The first kappa shape index (κ1) is 13.6. The van der Waals surface area contributed by atoms with Gasteiger partial charge in [-0.2, -0.15) is 5.10 Å². The Bertz CT molecular complexity index is 430. The summed E-state index contributed by atoms with van der Waals surface area (Å²) in [6.07, 6.45) is 5.77. The highest BCUT2D eigenvalue weighted by atomic mass is 16.4. The minimum absolute atomic E-state index is 0.133. The number of likely N-dealkylation sites (tertiary alicyclic amines) is 1. The Morgan fingerprint density at radius 2 is 2.21 bits per heavy atom. The van der Waals surface area contributed by atoms with Crippen molar-refractivity contribution in [1.82, 2.24) is 14.7 Å². The molecule has 1 aliphatic heterocycles. The number of carboxylic acid groups (broad SMARTS) is 1. The number of nitrogens with zero attached hydrogens (tertiary/aromatic N) is 3. The average Bonchev–Trinajstić information content (AvgIpc) is 3.04. The average molecular weight is 265 g/mol. The number of hydrogen-bond donors (Lipinski definition) is 1. The Labute approximate surface area is 112 Å². The number of carbonyl (C=O) groups is 2. The molecule has 1 aliphatic rings. The van der Waals surface area contributed by atoms with Gasteiger partial charge in [-0.05, 0) is 24.8 Å². The largest absolute Gasteiger partial charge is 0.481 e. The number of hydrogen-bond acceptors (Lipinski definition) is 3. The molecular formula is C13H19N3O3. The van der Waals surface area contributed by atoms with Crippen LogP contribution >= 0.6 is 0 Å². The zero-order valence-corrected chi connectivity index (χ0v) is 10.9. The molecule has 0 spiro atoms. The van der Waals surface area contributed by atoms with Crippen molar-refractivity contribution in [1.29, 1.82) is 0 Å². The summed E-state index contributed by atoms with van der Waals surface area (Å²) in [6, 6.07) is 1.84. The minimum Gasteiger partial charge on any atom is -0.481 e. The van der Waals surface area contributed by atoms with Gasteiger partial charge in [-0.25, -0.2) is 0 Å². The van der Waals surface area contributed by atoms with Crippen molar-refractivity contribution >= 4 is 11.9 Å². The molecule has 0 aromatic carbocycles. The number of aryl methyl sites for hydroxylation is 1. The van der Waals surface area contributed by atoms with Crippen LogP contribution in [0.5, 0.6) is 0 Å². The molecule has 1 N–H and O–H groups in total. The quantitative estimate of drug-likeness (QED) is 0.832. The van der Waals surface area contributed by atoms with Gasteiger partial charge in [0.25, 0.3) is 0 Å². The summed E-state index contributed by atoms with van der Waals surface area (Å²) in [5.41, 5.74) is 0. The molecule has 2 heterocycles. The molecule has 0 saturated carbocycles. The molecular weight excluding hydrogens is 246 g/mol. The van der Waals surface area contributed by atoms with Crippen LogP contribution in [0.25, 0.3) is 0 Å². The zero-order valence-electron chi connectivity index (χ0n) is 10.9. The van der Waals surface area contributed by atoms with Crippen LogP contribution in [0.1, 0.15) is 25.7 Å². The maximum absolute atomic E-state index is 12.0. The van der Waals surface area contributed by atoms with Crippen molar-refractivity contribution in [2.75, 3.05) is 13.1 Å². The summed E-state index contributed by atoms with van der Waals surface area (Å²) < 4.78 is 1.75. The lowest BCUT2D eigenvalue weighted by Gasteiger charge is -2.16. The molecule has 1 aromatic rings. The normalized spacial score (nSPS) is 18.7. The van der Waals surface area contributed by atoms with Crippen LogP contribution in [0.3, 0.4) is 0 Å². The van der Waals surface area contributed by atoms with Gasteiger partial charge in [0.1, 0.15) is 0 Å². The summed E-state index contributed by atoms with van der Waals surface area (Å²) >= 11 is 0. The van der Waals surface area contributed by atoms with Crippen molar-refractivity contribution in [3.05, 3.63) is 18.5 Å². The predicted molar refractivity (Wildman–Crippen MR) is 68.4 cm³/mol. The molecule has 104 valence electrons. The van der Waals surface area contributed by atoms with E-state index in [4.69, 9.17) is 5.11 Å². The third kappa shape index (κ3) is 4.08. The summed E-state index contributed by atoms with van der Waals surface area (Å²) in [6.45, 7) is 2.05. The number of carboxylic acids is 1. The zero-order chi connectivity index (χ0) is 13.7. The van der Waals surface area contributed by atoms with Gasteiger partial charge in [0.05, 0.1) is 0 Å². The Morgan fingerprint density at radius 1 is 1.37 bits per heavy atom. The molecule has 1 unspecified atom stereocenters. The van der Waals surface area contributed by atoms with Crippen LogP contribution < -0.4 is 0 Å². The smallest absolute Gasteiger partial charge is 0.303 e. The van der Waals surface area contributed by atoms with E-state index in [0.717, 1.165) is 13.0 Å². The van der Waals surface area contributed by atoms with Crippen molar-refractivity contribution < 1.29 is 14.7 Å². The van der Waals surface area contributed by atoms with E-state index in [1.165, 1.54) is 0 Å². The van der Waals surface area contributed by atoms with Crippen LogP contribution in [0.2, 0.25) is 0 Å². The fourth-order valence-corrected chi connectivity index (χ4v) is 2.42. The van der Waals surface area contributed by atoms with Gasteiger partial charge in [0.15, 0.2) is 0 Å². The van der Waals surface area contributed by atoms with E-state index in [2.05, 4.69) is 5.10 Å². The highest BCUT2D eigenvalue weighted by molar-refractivity contribution is 5.76. The monoisotopic (exact) mass is 265 g/mol. The number of rotatable bonds is 6. The van der Waals surface area contributed by atoms with Gasteiger partial charge in [0.2, 0.25) is 5.91 Å². The summed E-state index contributed by atoms with van der Waals surface area (Å²) in [5.74, 6) is -0.290. The van der Waals surface area contributed by atoms with E-state index in [9.17, 15) is 9.59 Å². The first-order valence-electron chi connectivity index (χ1n) is 6.62. The summed E-state index contributed by atoms with van der Waals surface area (Å²) in [7, 11) is 0. The van der Waals surface area contributed by atoms with Gasteiger partial charge >= 0.3 is 5.97 Å². The van der Waals surface area contributed by atoms with Gasteiger partial charge in [-0.15, -0.1) is 0 Å². The fraction of sp³-hybridized carbons (Fsp3) is 0.615. The first-order chi connectivity index (χ1) is 9.15. The summed E-state index contributed by atoms with van der Waals surface area (Å²) in [4.78, 5) is 24.4.